The number of pyridine rings is 1. The molecule has 0 spiro atoms. The van der Waals surface area contributed by atoms with Gasteiger partial charge in [-0.1, -0.05) is 0 Å². The molecular weight excluding hydrogens is 256 g/mol. The van der Waals surface area contributed by atoms with Crippen LogP contribution in [0.3, 0.4) is 0 Å². The number of rotatable bonds is 3. The summed E-state index contributed by atoms with van der Waals surface area (Å²) in [6.45, 7) is 0. The van der Waals surface area contributed by atoms with Gasteiger partial charge in [0.15, 0.2) is 5.82 Å². The number of benzene rings is 1. The van der Waals surface area contributed by atoms with E-state index in [1.54, 1.807) is 49.8 Å². The Kier molecular flexibility index (Phi) is 3.04. The van der Waals surface area contributed by atoms with Crippen LogP contribution >= 0.6 is 0 Å². The molecule has 0 atom stereocenters. The lowest BCUT2D eigenvalue weighted by atomic mass is 10.2. The maximum Gasteiger partial charge on any atom is 0.256 e. The number of anilines is 1. The molecule has 2 N–H and O–H groups in total. The van der Waals surface area contributed by atoms with Crippen LogP contribution in [0.4, 0.5) is 5.82 Å². The van der Waals surface area contributed by atoms with E-state index < -0.39 is 0 Å². The first kappa shape index (κ1) is 12.2. The van der Waals surface area contributed by atoms with E-state index in [-0.39, 0.29) is 5.91 Å². The van der Waals surface area contributed by atoms with Crippen molar-refractivity contribution in [2.75, 3.05) is 12.4 Å². The van der Waals surface area contributed by atoms with Crippen molar-refractivity contribution < 1.29 is 9.53 Å². The summed E-state index contributed by atoms with van der Waals surface area (Å²) in [6, 6.07) is 8.66. The normalized spacial score (nSPS) is 10.4. The predicted molar refractivity (Wildman–Crippen MR) is 74.8 cm³/mol. The second kappa shape index (κ2) is 5.00. The van der Waals surface area contributed by atoms with E-state index in [1.165, 1.54) is 0 Å². The van der Waals surface area contributed by atoms with Gasteiger partial charge in [0.2, 0.25) is 0 Å². The van der Waals surface area contributed by atoms with Crippen LogP contribution < -0.4 is 10.1 Å². The molecule has 6 nitrogen and oxygen atoms in total. The first-order valence-corrected chi connectivity index (χ1v) is 6.01. The third kappa shape index (κ3) is 2.18. The molecule has 0 bridgehead atoms. The summed E-state index contributed by atoms with van der Waals surface area (Å²) >= 11 is 0. The molecule has 100 valence electrons. The van der Waals surface area contributed by atoms with Crippen molar-refractivity contribution in [1.29, 1.82) is 0 Å². The molecule has 0 unspecified atom stereocenters. The van der Waals surface area contributed by atoms with Gasteiger partial charge in [0.1, 0.15) is 5.75 Å². The number of carbonyl (C=O) groups is 1. The summed E-state index contributed by atoms with van der Waals surface area (Å²) in [4.78, 5) is 16.1. The van der Waals surface area contributed by atoms with Crippen LogP contribution in [0.1, 0.15) is 10.4 Å². The average molecular weight is 268 g/mol. The minimum atomic E-state index is -0.232. The number of methoxy groups -OCH3 is 1. The smallest absolute Gasteiger partial charge is 0.256 e. The highest BCUT2D eigenvalue weighted by molar-refractivity contribution is 6.07. The Hall–Kier alpha value is -2.89. The van der Waals surface area contributed by atoms with Crippen molar-refractivity contribution in [3.05, 3.63) is 48.3 Å². The lowest BCUT2D eigenvalue weighted by Gasteiger charge is -2.04. The minimum absolute atomic E-state index is 0.232. The van der Waals surface area contributed by atoms with Gasteiger partial charge >= 0.3 is 0 Å². The number of ether oxygens (including phenoxy) is 1. The predicted octanol–water partition coefficient (Wildman–Crippen LogP) is 2.22. The van der Waals surface area contributed by atoms with Crippen molar-refractivity contribution in [2.24, 2.45) is 0 Å². The maximum absolute atomic E-state index is 12.1. The van der Waals surface area contributed by atoms with Gasteiger partial charge in [-0.25, -0.2) is 0 Å². The zero-order valence-corrected chi connectivity index (χ0v) is 10.8. The van der Waals surface area contributed by atoms with Crippen LogP contribution in [0.15, 0.2) is 42.7 Å². The third-order valence-corrected chi connectivity index (χ3v) is 2.95. The molecular formula is C14H12N4O2. The molecule has 0 saturated carbocycles. The van der Waals surface area contributed by atoms with E-state index in [1.807, 2.05) is 0 Å². The van der Waals surface area contributed by atoms with Crippen LogP contribution in [0, 0.1) is 0 Å². The molecule has 20 heavy (non-hydrogen) atoms. The number of hydrogen-bond acceptors (Lipinski definition) is 4. The van der Waals surface area contributed by atoms with Gasteiger partial charge in [-0.15, -0.1) is 0 Å². The number of H-pyrrole nitrogens is 1. The van der Waals surface area contributed by atoms with Crippen molar-refractivity contribution in [1.82, 2.24) is 15.2 Å². The van der Waals surface area contributed by atoms with E-state index >= 15 is 0 Å². The van der Waals surface area contributed by atoms with Gasteiger partial charge < -0.3 is 10.1 Å². The number of amides is 1. The Labute approximate surface area is 114 Å². The third-order valence-electron chi connectivity index (χ3n) is 2.95. The second-order valence-corrected chi connectivity index (χ2v) is 4.18. The van der Waals surface area contributed by atoms with Gasteiger partial charge in [-0.05, 0) is 30.3 Å². The fraction of sp³-hybridized carbons (Fsp3) is 0.0714. The number of fused-ring (bicyclic) bond motifs is 1. The van der Waals surface area contributed by atoms with Crippen molar-refractivity contribution >= 4 is 22.6 Å². The second-order valence-electron chi connectivity index (χ2n) is 4.18. The van der Waals surface area contributed by atoms with Gasteiger partial charge in [0, 0.05) is 18.0 Å². The Balaban J connectivity index is 1.84. The molecule has 2 aromatic heterocycles. The van der Waals surface area contributed by atoms with Crippen molar-refractivity contribution in [3.63, 3.8) is 0 Å². The summed E-state index contributed by atoms with van der Waals surface area (Å²) in [7, 11) is 1.58. The number of nitrogens with zero attached hydrogens (tertiary/aromatic N) is 2. The molecule has 0 aliphatic carbocycles. The topological polar surface area (TPSA) is 79.9 Å². The summed E-state index contributed by atoms with van der Waals surface area (Å²) in [5, 5.41) is 10.4. The Bertz CT molecular complexity index is 749. The standard InChI is InChI=1S/C14H12N4O2/c1-20-10-4-2-9(3-5-10)14(19)16-13-11-8-15-7-6-12(11)17-18-13/h2-8H,1H3,(H2,16,17,18,19). The molecule has 2 heterocycles. The first-order valence-electron chi connectivity index (χ1n) is 6.01. The SMILES string of the molecule is COc1ccc(C(=O)Nc2n[nH]c3ccncc23)cc1. The monoisotopic (exact) mass is 268 g/mol. The van der Waals surface area contributed by atoms with E-state index in [0.29, 0.717) is 17.1 Å². The average Bonchev–Trinajstić information content (AvgIpc) is 2.91. The highest BCUT2D eigenvalue weighted by Gasteiger charge is 2.11. The molecule has 0 fully saturated rings. The van der Waals surface area contributed by atoms with Crippen molar-refractivity contribution in [2.45, 2.75) is 0 Å². The van der Waals surface area contributed by atoms with Crippen LogP contribution in [0.5, 0.6) is 5.75 Å². The molecule has 6 heteroatoms. The largest absolute Gasteiger partial charge is 0.497 e. The van der Waals surface area contributed by atoms with Crippen LogP contribution in [0.25, 0.3) is 10.9 Å². The highest BCUT2D eigenvalue weighted by Crippen LogP contribution is 2.19. The van der Waals surface area contributed by atoms with Crippen LogP contribution in [0.2, 0.25) is 0 Å². The summed E-state index contributed by atoms with van der Waals surface area (Å²) < 4.78 is 5.06. The zero-order valence-electron chi connectivity index (χ0n) is 10.8. The first-order chi connectivity index (χ1) is 9.78. The fourth-order valence-electron chi connectivity index (χ4n) is 1.87. The highest BCUT2D eigenvalue weighted by atomic mass is 16.5. The molecule has 0 saturated heterocycles. The zero-order chi connectivity index (χ0) is 13.9. The summed E-state index contributed by atoms with van der Waals surface area (Å²) in [5.74, 6) is 0.940. The van der Waals surface area contributed by atoms with E-state index in [0.717, 1.165) is 10.9 Å². The molecule has 0 aliphatic heterocycles. The van der Waals surface area contributed by atoms with Gasteiger partial charge in [0.05, 0.1) is 18.0 Å². The van der Waals surface area contributed by atoms with E-state index in [9.17, 15) is 4.79 Å². The molecule has 1 aromatic carbocycles. The quantitative estimate of drug-likeness (QED) is 0.763. The number of hydrogen-bond donors (Lipinski definition) is 2. The molecule has 3 rings (SSSR count). The summed E-state index contributed by atoms with van der Waals surface area (Å²) in [5.41, 5.74) is 1.36. The van der Waals surface area contributed by atoms with E-state index in [4.69, 9.17) is 4.74 Å². The lowest BCUT2D eigenvalue weighted by molar-refractivity contribution is 0.102. The Morgan fingerprint density at radius 2 is 2.05 bits per heavy atom. The molecule has 1 amide bonds. The van der Waals surface area contributed by atoms with Crippen LogP contribution in [-0.2, 0) is 0 Å². The molecule has 0 radical (unpaired) electrons. The Morgan fingerprint density at radius 1 is 1.25 bits per heavy atom. The van der Waals surface area contributed by atoms with E-state index in [2.05, 4.69) is 20.5 Å². The molecule has 3 aromatic rings. The van der Waals surface area contributed by atoms with Crippen molar-refractivity contribution in [3.8, 4) is 5.75 Å². The number of nitrogens with one attached hydrogen (secondary N) is 2. The fourth-order valence-corrected chi connectivity index (χ4v) is 1.87. The Morgan fingerprint density at radius 3 is 2.80 bits per heavy atom. The minimum Gasteiger partial charge on any atom is -0.497 e. The number of carbonyl (C=O) groups excluding carboxylic acids is 1. The van der Waals surface area contributed by atoms with Gasteiger partial charge in [-0.3, -0.25) is 14.9 Å². The lowest BCUT2D eigenvalue weighted by Crippen LogP contribution is -2.12. The van der Waals surface area contributed by atoms with Gasteiger partial charge in [-0.2, -0.15) is 5.10 Å². The van der Waals surface area contributed by atoms with Gasteiger partial charge in [0.25, 0.3) is 5.91 Å². The molecule has 0 aliphatic rings. The summed E-state index contributed by atoms with van der Waals surface area (Å²) in [6.07, 6.45) is 3.32. The number of aromatic amines is 1. The number of aromatic nitrogens is 3. The van der Waals surface area contributed by atoms with Crippen LogP contribution in [-0.4, -0.2) is 28.2 Å². The maximum atomic E-state index is 12.1.